The minimum absolute atomic E-state index is 0.0136. The lowest BCUT2D eigenvalue weighted by Crippen LogP contribution is -2.23. The summed E-state index contributed by atoms with van der Waals surface area (Å²) in [6, 6.07) is 18.4. The van der Waals surface area contributed by atoms with Crippen LogP contribution in [0.2, 0.25) is 5.02 Å². The lowest BCUT2D eigenvalue weighted by Gasteiger charge is -2.20. The van der Waals surface area contributed by atoms with Crippen molar-refractivity contribution in [3.63, 3.8) is 0 Å². The van der Waals surface area contributed by atoms with E-state index in [0.29, 0.717) is 34.4 Å². The zero-order chi connectivity index (χ0) is 25.5. The summed E-state index contributed by atoms with van der Waals surface area (Å²) in [6.07, 6.45) is 2.69. The van der Waals surface area contributed by atoms with Crippen molar-refractivity contribution in [2.75, 3.05) is 14.2 Å². The van der Waals surface area contributed by atoms with Gasteiger partial charge in [-0.1, -0.05) is 48.0 Å². The van der Waals surface area contributed by atoms with Crippen LogP contribution in [0, 0.1) is 12.7 Å². The van der Waals surface area contributed by atoms with Crippen molar-refractivity contribution >= 4 is 22.9 Å². The Balaban J connectivity index is 1.54. The molecule has 0 saturated heterocycles. The van der Waals surface area contributed by atoms with Crippen LogP contribution in [0.25, 0.3) is 0 Å². The number of thiazole rings is 1. The van der Waals surface area contributed by atoms with E-state index in [9.17, 15) is 4.39 Å². The Morgan fingerprint density at radius 1 is 1.00 bits per heavy atom. The van der Waals surface area contributed by atoms with Crippen molar-refractivity contribution in [1.82, 2.24) is 10.3 Å². The van der Waals surface area contributed by atoms with Gasteiger partial charge in [-0.15, -0.1) is 11.3 Å². The lowest BCUT2D eigenvalue weighted by atomic mass is 10.1. The van der Waals surface area contributed by atoms with Crippen LogP contribution < -0.4 is 19.5 Å². The molecule has 0 saturated carbocycles. The van der Waals surface area contributed by atoms with Gasteiger partial charge in [-0.25, -0.2) is 9.37 Å². The van der Waals surface area contributed by atoms with Crippen molar-refractivity contribution < 1.29 is 18.6 Å². The standard InChI is InChI=1S/C28H28ClFN2O3S/c1-18-15-32-28(36-18)25(12-19-8-5-4-6-9-19)31-16-21-26(33-2)13-20(14-27(21)34-3)35-17-22-23(29)10-7-11-24(22)30/h4-11,13-15,25,31H,12,16-17H2,1-3H3/t25-/m0/s1. The minimum Gasteiger partial charge on any atom is -0.496 e. The van der Waals surface area contributed by atoms with Crippen molar-refractivity contribution in [2.24, 2.45) is 0 Å². The molecule has 3 aromatic carbocycles. The Morgan fingerprint density at radius 3 is 2.33 bits per heavy atom. The van der Waals surface area contributed by atoms with Gasteiger partial charge in [0.1, 0.15) is 34.7 Å². The van der Waals surface area contributed by atoms with Crippen molar-refractivity contribution in [3.8, 4) is 17.2 Å². The largest absolute Gasteiger partial charge is 0.496 e. The number of hydrogen-bond donors (Lipinski definition) is 1. The van der Waals surface area contributed by atoms with Crippen molar-refractivity contribution in [2.45, 2.75) is 32.5 Å². The van der Waals surface area contributed by atoms with Crippen LogP contribution >= 0.6 is 22.9 Å². The highest BCUT2D eigenvalue weighted by Gasteiger charge is 2.20. The topological polar surface area (TPSA) is 52.6 Å². The maximum Gasteiger partial charge on any atom is 0.131 e. The van der Waals surface area contributed by atoms with E-state index in [2.05, 4.69) is 29.4 Å². The Bertz CT molecular complexity index is 1250. The van der Waals surface area contributed by atoms with E-state index in [4.69, 9.17) is 25.8 Å². The first-order chi connectivity index (χ1) is 17.5. The van der Waals surface area contributed by atoms with Crippen molar-refractivity contribution in [3.05, 3.63) is 104 Å². The number of nitrogens with zero attached hydrogens (tertiary/aromatic N) is 1. The predicted octanol–water partition coefficient (Wildman–Crippen LogP) is 6.91. The molecule has 8 heteroatoms. The third kappa shape index (κ3) is 6.35. The van der Waals surface area contributed by atoms with Gasteiger partial charge in [0.05, 0.1) is 30.8 Å². The minimum atomic E-state index is -0.413. The van der Waals surface area contributed by atoms with Gasteiger partial charge in [0.15, 0.2) is 0 Å². The van der Waals surface area contributed by atoms with E-state index >= 15 is 0 Å². The number of halogens is 2. The number of methoxy groups -OCH3 is 2. The second-order valence-electron chi connectivity index (χ2n) is 8.23. The maximum atomic E-state index is 14.2. The molecule has 0 bridgehead atoms. The molecule has 1 aromatic heterocycles. The molecule has 0 radical (unpaired) electrons. The van der Waals surface area contributed by atoms with Crippen molar-refractivity contribution in [1.29, 1.82) is 0 Å². The Hall–Kier alpha value is -3.13. The number of aryl methyl sites for hydroxylation is 1. The highest BCUT2D eigenvalue weighted by molar-refractivity contribution is 7.11. The predicted molar refractivity (Wildman–Crippen MR) is 142 cm³/mol. The van der Waals surface area contributed by atoms with Crippen LogP contribution in [-0.2, 0) is 19.6 Å². The smallest absolute Gasteiger partial charge is 0.131 e. The summed E-state index contributed by atoms with van der Waals surface area (Å²) >= 11 is 7.82. The quantitative estimate of drug-likeness (QED) is 0.230. The molecule has 4 rings (SSSR count). The molecule has 36 heavy (non-hydrogen) atoms. The van der Waals surface area contributed by atoms with E-state index < -0.39 is 5.82 Å². The number of nitrogens with one attached hydrogen (secondary N) is 1. The van der Waals surface area contributed by atoms with E-state index in [1.165, 1.54) is 11.6 Å². The molecule has 0 aliphatic rings. The molecule has 0 aliphatic carbocycles. The van der Waals surface area contributed by atoms with Crippen LogP contribution in [0.3, 0.4) is 0 Å². The summed E-state index contributed by atoms with van der Waals surface area (Å²) in [7, 11) is 3.20. The zero-order valence-electron chi connectivity index (χ0n) is 20.4. The van der Waals surface area contributed by atoms with Gasteiger partial charge >= 0.3 is 0 Å². The Kier molecular flexibility index (Phi) is 8.80. The van der Waals surface area contributed by atoms with Crippen LogP contribution in [0.4, 0.5) is 4.39 Å². The van der Waals surface area contributed by atoms with E-state index in [0.717, 1.165) is 21.9 Å². The third-order valence-corrected chi connectivity index (χ3v) is 7.15. The average Bonchev–Trinajstić information content (AvgIpc) is 3.32. The highest BCUT2D eigenvalue weighted by Crippen LogP contribution is 2.36. The number of hydrogen-bond acceptors (Lipinski definition) is 6. The molecule has 4 aromatic rings. The molecule has 1 N–H and O–H groups in total. The third-order valence-electron chi connectivity index (χ3n) is 5.77. The van der Waals surface area contributed by atoms with Crippen LogP contribution in [-0.4, -0.2) is 19.2 Å². The molecule has 1 heterocycles. The van der Waals surface area contributed by atoms with E-state index in [-0.39, 0.29) is 12.6 Å². The SMILES string of the molecule is COc1cc(OCc2c(F)cccc2Cl)cc(OC)c1CN[C@@H](Cc1ccccc1)c1ncc(C)s1. The molecule has 0 spiro atoms. The molecular weight excluding hydrogens is 499 g/mol. The Morgan fingerprint density at radius 2 is 1.72 bits per heavy atom. The summed E-state index contributed by atoms with van der Waals surface area (Å²) in [4.78, 5) is 5.79. The van der Waals surface area contributed by atoms with E-state index in [1.807, 2.05) is 24.4 Å². The fourth-order valence-corrected chi connectivity index (χ4v) is 4.97. The first kappa shape index (κ1) is 25.9. The first-order valence-corrected chi connectivity index (χ1v) is 12.7. The summed E-state index contributed by atoms with van der Waals surface area (Å²) in [5.41, 5.74) is 2.37. The van der Waals surface area contributed by atoms with Gasteiger partial charge in [0, 0.05) is 35.3 Å². The molecule has 0 aliphatic heterocycles. The highest BCUT2D eigenvalue weighted by atomic mass is 35.5. The normalized spacial score (nSPS) is 11.8. The van der Waals surface area contributed by atoms with Gasteiger partial charge in [0.2, 0.25) is 0 Å². The fraction of sp³-hybridized carbons (Fsp3) is 0.250. The number of rotatable bonds is 11. The molecule has 5 nitrogen and oxygen atoms in total. The van der Waals surface area contributed by atoms with Crippen LogP contribution in [0.5, 0.6) is 17.2 Å². The van der Waals surface area contributed by atoms with Gasteiger partial charge in [-0.3, -0.25) is 0 Å². The molecule has 0 amide bonds. The van der Waals surface area contributed by atoms with Gasteiger partial charge in [0.25, 0.3) is 0 Å². The van der Waals surface area contributed by atoms with Gasteiger partial charge in [-0.2, -0.15) is 0 Å². The molecular formula is C28H28ClFN2O3S. The van der Waals surface area contributed by atoms with Gasteiger partial charge in [-0.05, 0) is 31.0 Å². The fourth-order valence-electron chi connectivity index (χ4n) is 3.90. The second-order valence-corrected chi connectivity index (χ2v) is 9.90. The van der Waals surface area contributed by atoms with E-state index in [1.54, 1.807) is 49.8 Å². The first-order valence-electron chi connectivity index (χ1n) is 11.5. The zero-order valence-corrected chi connectivity index (χ0v) is 22.0. The second kappa shape index (κ2) is 12.2. The Labute approximate surface area is 219 Å². The molecule has 1 atom stereocenters. The molecule has 0 fully saturated rings. The summed E-state index contributed by atoms with van der Waals surface area (Å²) in [5.74, 6) is 1.28. The van der Waals surface area contributed by atoms with Crippen LogP contribution in [0.1, 0.15) is 32.6 Å². The summed E-state index contributed by atoms with van der Waals surface area (Å²) in [5, 5.41) is 4.98. The maximum absolute atomic E-state index is 14.2. The van der Waals surface area contributed by atoms with Gasteiger partial charge < -0.3 is 19.5 Å². The number of ether oxygens (including phenoxy) is 3. The summed E-state index contributed by atoms with van der Waals surface area (Å²) in [6.45, 7) is 2.53. The average molecular weight is 527 g/mol. The van der Waals surface area contributed by atoms with Crippen LogP contribution in [0.15, 0.2) is 66.9 Å². The number of aromatic nitrogens is 1. The summed E-state index contributed by atoms with van der Waals surface area (Å²) < 4.78 is 31.4. The monoisotopic (exact) mass is 526 g/mol. The molecule has 188 valence electrons. The number of benzene rings is 3. The lowest BCUT2D eigenvalue weighted by molar-refractivity contribution is 0.293. The molecule has 0 unspecified atom stereocenters.